The molecule has 1 aromatic rings. The largest absolute Gasteiger partial charge is 0.351 e. The van der Waals surface area contributed by atoms with Crippen LogP contribution in [0, 0.1) is 11.2 Å². The van der Waals surface area contributed by atoms with Gasteiger partial charge in [-0.3, -0.25) is 4.79 Å². The maximum atomic E-state index is 12.9. The lowest BCUT2D eigenvalue weighted by Crippen LogP contribution is -2.48. The molecule has 3 nitrogen and oxygen atoms in total. The van der Waals surface area contributed by atoms with Crippen molar-refractivity contribution in [2.24, 2.45) is 11.1 Å². The summed E-state index contributed by atoms with van der Waals surface area (Å²) >= 11 is 0. The Balaban J connectivity index is 2.54. The lowest BCUT2D eigenvalue weighted by atomic mass is 9.87. The first-order valence-corrected chi connectivity index (χ1v) is 5.58. The van der Waals surface area contributed by atoms with Gasteiger partial charge >= 0.3 is 0 Å². The van der Waals surface area contributed by atoms with Gasteiger partial charge in [0.15, 0.2) is 0 Å². The number of hydrogen-bond donors (Lipinski definition) is 2. The Hall–Kier alpha value is -1.42. The highest BCUT2D eigenvalue weighted by Crippen LogP contribution is 2.17. The van der Waals surface area contributed by atoms with Crippen LogP contribution in [0.5, 0.6) is 0 Å². The van der Waals surface area contributed by atoms with Crippen LogP contribution in [0.2, 0.25) is 0 Å². The van der Waals surface area contributed by atoms with E-state index < -0.39 is 6.04 Å². The van der Waals surface area contributed by atoms with E-state index in [0.717, 1.165) is 5.56 Å². The average molecular weight is 238 g/mol. The van der Waals surface area contributed by atoms with Crippen LogP contribution in [0.15, 0.2) is 24.3 Å². The van der Waals surface area contributed by atoms with Gasteiger partial charge in [0, 0.05) is 6.54 Å². The molecule has 0 bridgehead atoms. The zero-order chi connectivity index (χ0) is 13.1. The van der Waals surface area contributed by atoms with Crippen LogP contribution in [-0.4, -0.2) is 11.9 Å². The van der Waals surface area contributed by atoms with E-state index in [9.17, 15) is 9.18 Å². The first-order valence-electron chi connectivity index (χ1n) is 5.58. The van der Waals surface area contributed by atoms with Gasteiger partial charge < -0.3 is 11.1 Å². The second kappa shape index (κ2) is 5.27. The van der Waals surface area contributed by atoms with Crippen LogP contribution in [0.3, 0.4) is 0 Å². The summed E-state index contributed by atoms with van der Waals surface area (Å²) in [6, 6.07) is 5.55. The highest BCUT2D eigenvalue weighted by atomic mass is 19.1. The van der Waals surface area contributed by atoms with Crippen molar-refractivity contribution in [2.45, 2.75) is 33.4 Å². The first kappa shape index (κ1) is 13.6. The molecule has 0 fully saturated rings. The number of rotatable bonds is 3. The minimum absolute atomic E-state index is 0.221. The number of nitrogens with one attached hydrogen (secondary N) is 1. The van der Waals surface area contributed by atoms with E-state index >= 15 is 0 Å². The Morgan fingerprint density at radius 3 is 2.65 bits per heavy atom. The van der Waals surface area contributed by atoms with Gasteiger partial charge in [0.05, 0.1) is 6.04 Å². The van der Waals surface area contributed by atoms with Gasteiger partial charge in [-0.15, -0.1) is 0 Å². The number of nitrogens with two attached hydrogens (primary N) is 1. The minimum atomic E-state index is -0.573. The van der Waals surface area contributed by atoms with Gasteiger partial charge in [0.1, 0.15) is 5.82 Å². The molecule has 0 aliphatic heterocycles. The monoisotopic (exact) mass is 238 g/mol. The second-order valence-corrected chi connectivity index (χ2v) is 5.19. The quantitative estimate of drug-likeness (QED) is 0.844. The van der Waals surface area contributed by atoms with Crippen LogP contribution >= 0.6 is 0 Å². The molecule has 1 aromatic carbocycles. The zero-order valence-electron chi connectivity index (χ0n) is 10.5. The summed E-state index contributed by atoms with van der Waals surface area (Å²) in [6.45, 7) is 6.00. The van der Waals surface area contributed by atoms with Crippen LogP contribution < -0.4 is 11.1 Å². The Morgan fingerprint density at radius 1 is 1.47 bits per heavy atom. The third kappa shape index (κ3) is 4.15. The van der Waals surface area contributed by atoms with Gasteiger partial charge in [-0.2, -0.15) is 0 Å². The predicted octanol–water partition coefficient (Wildman–Crippen LogP) is 1.82. The molecule has 0 aromatic heterocycles. The molecule has 1 atom stereocenters. The smallest absolute Gasteiger partial charge is 0.237 e. The van der Waals surface area contributed by atoms with Gasteiger partial charge in [-0.1, -0.05) is 32.9 Å². The number of hydrogen-bond acceptors (Lipinski definition) is 2. The molecule has 1 rings (SSSR count). The van der Waals surface area contributed by atoms with E-state index in [1.165, 1.54) is 12.1 Å². The Labute approximate surface area is 101 Å². The molecule has 94 valence electrons. The second-order valence-electron chi connectivity index (χ2n) is 5.19. The lowest BCUT2D eigenvalue weighted by Gasteiger charge is -2.25. The fraction of sp³-hybridized carbons (Fsp3) is 0.462. The number of halogens is 1. The molecule has 1 unspecified atom stereocenters. The van der Waals surface area contributed by atoms with Gasteiger partial charge in [0.2, 0.25) is 5.91 Å². The molecule has 4 heteroatoms. The van der Waals surface area contributed by atoms with E-state index in [1.807, 2.05) is 20.8 Å². The van der Waals surface area contributed by atoms with E-state index in [4.69, 9.17) is 5.73 Å². The van der Waals surface area contributed by atoms with E-state index in [0.29, 0.717) is 6.54 Å². The first-order chi connectivity index (χ1) is 7.80. The Morgan fingerprint density at radius 2 is 2.12 bits per heavy atom. The van der Waals surface area contributed by atoms with E-state index in [2.05, 4.69) is 5.32 Å². The molecule has 17 heavy (non-hydrogen) atoms. The van der Waals surface area contributed by atoms with Gasteiger partial charge in [-0.05, 0) is 23.1 Å². The Bertz CT molecular complexity index is 399. The molecule has 1 amide bonds. The van der Waals surface area contributed by atoms with Crippen LogP contribution in [0.1, 0.15) is 26.3 Å². The van der Waals surface area contributed by atoms with Crippen molar-refractivity contribution >= 4 is 5.91 Å². The maximum Gasteiger partial charge on any atom is 0.237 e. The fourth-order valence-corrected chi connectivity index (χ4v) is 1.34. The van der Waals surface area contributed by atoms with Crippen LogP contribution in [-0.2, 0) is 11.3 Å². The summed E-state index contributed by atoms with van der Waals surface area (Å²) in [7, 11) is 0. The number of carbonyl (C=O) groups is 1. The summed E-state index contributed by atoms with van der Waals surface area (Å²) < 4.78 is 12.9. The molecule has 0 heterocycles. The summed E-state index contributed by atoms with van der Waals surface area (Å²) in [5, 5.41) is 2.70. The molecular formula is C13H19FN2O. The van der Waals surface area contributed by atoms with Crippen molar-refractivity contribution in [3.8, 4) is 0 Å². The molecule has 3 N–H and O–H groups in total. The van der Waals surface area contributed by atoms with Crippen molar-refractivity contribution in [1.29, 1.82) is 0 Å². The van der Waals surface area contributed by atoms with Crippen molar-refractivity contribution in [3.05, 3.63) is 35.6 Å². The highest BCUT2D eigenvalue weighted by molar-refractivity contribution is 5.82. The topological polar surface area (TPSA) is 55.1 Å². The molecule has 0 aliphatic rings. The van der Waals surface area contributed by atoms with Crippen molar-refractivity contribution in [2.75, 3.05) is 0 Å². The lowest BCUT2D eigenvalue weighted by molar-refractivity contribution is -0.124. The minimum Gasteiger partial charge on any atom is -0.351 e. The van der Waals surface area contributed by atoms with Crippen molar-refractivity contribution in [1.82, 2.24) is 5.32 Å². The fourth-order valence-electron chi connectivity index (χ4n) is 1.34. The number of benzene rings is 1. The molecule has 0 aliphatic carbocycles. The molecule has 0 radical (unpaired) electrons. The van der Waals surface area contributed by atoms with Crippen LogP contribution in [0.4, 0.5) is 4.39 Å². The average Bonchev–Trinajstić information content (AvgIpc) is 2.23. The van der Waals surface area contributed by atoms with E-state index in [1.54, 1.807) is 12.1 Å². The zero-order valence-corrected chi connectivity index (χ0v) is 10.5. The summed E-state index contributed by atoms with van der Waals surface area (Å²) in [5.41, 5.74) is 6.24. The van der Waals surface area contributed by atoms with Gasteiger partial charge in [0.25, 0.3) is 0 Å². The Kier molecular flexibility index (Phi) is 4.23. The van der Waals surface area contributed by atoms with E-state index in [-0.39, 0.29) is 17.1 Å². The van der Waals surface area contributed by atoms with Crippen molar-refractivity contribution < 1.29 is 9.18 Å². The summed E-state index contributed by atoms with van der Waals surface area (Å²) in [5.74, 6) is -0.529. The third-order valence-corrected chi connectivity index (χ3v) is 2.57. The molecule has 0 saturated heterocycles. The highest BCUT2D eigenvalue weighted by Gasteiger charge is 2.26. The normalized spacial score (nSPS) is 13.2. The molecule has 0 spiro atoms. The van der Waals surface area contributed by atoms with Crippen LogP contribution in [0.25, 0.3) is 0 Å². The maximum absolute atomic E-state index is 12.9. The van der Waals surface area contributed by atoms with Gasteiger partial charge in [-0.25, -0.2) is 4.39 Å². The predicted molar refractivity (Wildman–Crippen MR) is 65.7 cm³/mol. The number of carbonyl (C=O) groups excluding carboxylic acids is 1. The summed E-state index contributed by atoms with van der Waals surface area (Å²) in [6.07, 6.45) is 0. The van der Waals surface area contributed by atoms with Crippen molar-refractivity contribution in [3.63, 3.8) is 0 Å². The summed E-state index contributed by atoms with van der Waals surface area (Å²) in [4.78, 5) is 11.7. The number of amides is 1. The molecular weight excluding hydrogens is 219 g/mol. The standard InChI is InChI=1S/C13H19FN2O/c1-13(2,3)11(15)12(17)16-8-9-5-4-6-10(14)7-9/h4-7,11H,8,15H2,1-3H3,(H,16,17). The SMILES string of the molecule is CC(C)(C)C(N)C(=O)NCc1cccc(F)c1. The third-order valence-electron chi connectivity index (χ3n) is 2.57. The molecule has 0 saturated carbocycles.